The van der Waals surface area contributed by atoms with E-state index < -0.39 is 5.92 Å². The molecule has 0 fully saturated rings. The summed E-state index contributed by atoms with van der Waals surface area (Å²) in [7, 11) is 3.39. The molecular weight excluding hydrogens is 346 g/mol. The van der Waals surface area contributed by atoms with Gasteiger partial charge in [-0.2, -0.15) is 0 Å². The van der Waals surface area contributed by atoms with Crippen LogP contribution in [-0.4, -0.2) is 48.2 Å². The molecule has 1 aromatic heterocycles. The molecule has 7 heteroatoms. The molecule has 0 spiro atoms. The molecule has 1 aromatic rings. The van der Waals surface area contributed by atoms with Crippen LogP contribution in [0, 0.1) is 5.92 Å². The smallest absolute Gasteiger partial charge is 0.251 e. The maximum absolute atomic E-state index is 12.9. The van der Waals surface area contributed by atoms with Crippen molar-refractivity contribution in [1.82, 2.24) is 15.1 Å². The molecule has 0 aromatic carbocycles. The summed E-state index contributed by atoms with van der Waals surface area (Å²) in [5.41, 5.74) is 1.32. The van der Waals surface area contributed by atoms with Gasteiger partial charge in [-0.3, -0.25) is 14.4 Å². The lowest BCUT2D eigenvalue weighted by molar-refractivity contribution is -0.138. The number of nitrogens with one attached hydrogen (secondary N) is 1. The topological polar surface area (TPSA) is 82.9 Å². The van der Waals surface area contributed by atoms with Gasteiger partial charge in [0, 0.05) is 38.3 Å². The van der Waals surface area contributed by atoms with Crippen LogP contribution in [0.4, 0.5) is 0 Å². The summed E-state index contributed by atoms with van der Waals surface area (Å²) in [5.74, 6) is -0.286. The number of carbonyl (C=O) groups is 3. The van der Waals surface area contributed by atoms with Crippen molar-refractivity contribution in [1.29, 1.82) is 0 Å². The minimum absolute atomic E-state index is 0.0552. The van der Waals surface area contributed by atoms with E-state index in [-0.39, 0.29) is 30.7 Å². The van der Waals surface area contributed by atoms with Crippen molar-refractivity contribution in [3.8, 4) is 0 Å². The molecule has 27 heavy (non-hydrogen) atoms. The maximum atomic E-state index is 12.9. The van der Waals surface area contributed by atoms with Crippen LogP contribution in [0.5, 0.6) is 0 Å². The van der Waals surface area contributed by atoms with Gasteiger partial charge < -0.3 is 19.5 Å². The quantitative estimate of drug-likeness (QED) is 0.756. The van der Waals surface area contributed by atoms with Gasteiger partial charge in [-0.1, -0.05) is 13.3 Å². The Morgan fingerprint density at radius 2 is 2.11 bits per heavy atom. The Labute approximate surface area is 160 Å². The molecule has 0 aliphatic carbocycles. The molecule has 2 heterocycles. The predicted molar refractivity (Wildman–Crippen MR) is 101 cm³/mol. The number of carbonyl (C=O) groups excluding carboxylic acids is 3. The van der Waals surface area contributed by atoms with Crippen molar-refractivity contribution in [3.63, 3.8) is 0 Å². The monoisotopic (exact) mass is 375 g/mol. The van der Waals surface area contributed by atoms with E-state index in [2.05, 4.69) is 12.2 Å². The van der Waals surface area contributed by atoms with Gasteiger partial charge in [-0.05, 0) is 31.9 Å². The SMILES string of the molecule is CCCCN1C(=O)C(CC(=O)NCc2ccco2)CC(C(=O)N(C)C)=C1C. The normalized spacial score (nSPS) is 17.3. The maximum Gasteiger partial charge on any atom is 0.251 e. The zero-order valence-electron chi connectivity index (χ0n) is 16.6. The minimum atomic E-state index is -0.527. The first kappa shape index (κ1) is 20.7. The Kier molecular flexibility index (Phi) is 7.21. The standard InChI is InChI=1S/C20H29N3O4/c1-5-6-9-23-14(2)17(20(26)22(3)4)11-15(19(23)25)12-18(24)21-13-16-8-7-10-27-16/h7-8,10,15H,5-6,9,11-13H2,1-4H3,(H,21,24). The molecular formula is C20H29N3O4. The highest BCUT2D eigenvalue weighted by Crippen LogP contribution is 2.30. The van der Waals surface area contributed by atoms with Gasteiger partial charge in [-0.15, -0.1) is 0 Å². The highest BCUT2D eigenvalue weighted by Gasteiger charge is 2.36. The van der Waals surface area contributed by atoms with E-state index in [4.69, 9.17) is 4.42 Å². The molecule has 7 nitrogen and oxygen atoms in total. The average molecular weight is 375 g/mol. The number of amides is 3. The van der Waals surface area contributed by atoms with Crippen molar-refractivity contribution in [2.45, 2.75) is 46.1 Å². The average Bonchev–Trinajstić information content (AvgIpc) is 3.15. The summed E-state index contributed by atoms with van der Waals surface area (Å²) in [6.45, 7) is 4.72. The van der Waals surface area contributed by atoms with Gasteiger partial charge in [-0.25, -0.2) is 0 Å². The first-order valence-corrected chi connectivity index (χ1v) is 9.37. The Balaban J connectivity index is 2.11. The number of nitrogens with zero attached hydrogens (tertiary/aromatic N) is 2. The van der Waals surface area contributed by atoms with Crippen molar-refractivity contribution < 1.29 is 18.8 Å². The number of furan rings is 1. The van der Waals surface area contributed by atoms with Crippen LogP contribution < -0.4 is 5.32 Å². The fourth-order valence-electron chi connectivity index (χ4n) is 3.19. The molecule has 0 saturated heterocycles. The van der Waals surface area contributed by atoms with Crippen molar-refractivity contribution in [2.75, 3.05) is 20.6 Å². The number of allylic oxidation sites excluding steroid dienone is 1. The fourth-order valence-corrected chi connectivity index (χ4v) is 3.19. The largest absolute Gasteiger partial charge is 0.467 e. The van der Waals surface area contributed by atoms with E-state index in [1.54, 1.807) is 37.4 Å². The first-order valence-electron chi connectivity index (χ1n) is 9.37. The number of likely N-dealkylation sites (N-methyl/N-ethyl adjacent to an activating group) is 1. The third-order valence-corrected chi connectivity index (χ3v) is 4.78. The molecule has 0 radical (unpaired) electrons. The number of rotatable bonds is 8. The van der Waals surface area contributed by atoms with Gasteiger partial charge in [0.2, 0.25) is 11.8 Å². The van der Waals surface area contributed by atoms with E-state index in [0.29, 0.717) is 30.0 Å². The second kappa shape index (κ2) is 9.39. The second-order valence-electron chi connectivity index (χ2n) is 7.07. The Hall–Kier alpha value is -2.57. The van der Waals surface area contributed by atoms with Crippen molar-refractivity contribution in [2.24, 2.45) is 5.92 Å². The van der Waals surface area contributed by atoms with Crippen molar-refractivity contribution >= 4 is 17.7 Å². The molecule has 3 amide bonds. The van der Waals surface area contributed by atoms with Gasteiger partial charge in [0.15, 0.2) is 0 Å². The molecule has 0 bridgehead atoms. The zero-order chi connectivity index (χ0) is 20.0. The molecule has 1 unspecified atom stereocenters. The highest BCUT2D eigenvalue weighted by atomic mass is 16.3. The van der Waals surface area contributed by atoms with Crippen LogP contribution >= 0.6 is 0 Å². The Morgan fingerprint density at radius 1 is 1.37 bits per heavy atom. The van der Waals surface area contributed by atoms with E-state index in [9.17, 15) is 14.4 Å². The Bertz CT molecular complexity index is 707. The number of unbranched alkanes of at least 4 members (excludes halogenated alkanes) is 1. The summed E-state index contributed by atoms with van der Waals surface area (Å²) >= 11 is 0. The van der Waals surface area contributed by atoms with Crippen LogP contribution in [-0.2, 0) is 20.9 Å². The van der Waals surface area contributed by atoms with Crippen LogP contribution in [0.25, 0.3) is 0 Å². The van der Waals surface area contributed by atoms with E-state index in [0.717, 1.165) is 12.8 Å². The molecule has 2 rings (SSSR count). The first-order chi connectivity index (χ1) is 12.8. The van der Waals surface area contributed by atoms with E-state index in [1.165, 1.54) is 4.90 Å². The van der Waals surface area contributed by atoms with Crippen LogP contribution in [0.2, 0.25) is 0 Å². The summed E-state index contributed by atoms with van der Waals surface area (Å²) in [6.07, 6.45) is 3.69. The lowest BCUT2D eigenvalue weighted by Crippen LogP contribution is -2.44. The molecule has 148 valence electrons. The summed E-state index contributed by atoms with van der Waals surface area (Å²) in [5, 5.41) is 2.77. The zero-order valence-corrected chi connectivity index (χ0v) is 16.6. The summed E-state index contributed by atoms with van der Waals surface area (Å²) in [6, 6.07) is 3.53. The molecule has 1 N–H and O–H groups in total. The van der Waals surface area contributed by atoms with Crippen molar-refractivity contribution in [3.05, 3.63) is 35.4 Å². The Morgan fingerprint density at radius 3 is 2.70 bits per heavy atom. The van der Waals surface area contributed by atoms with E-state index in [1.807, 2.05) is 6.92 Å². The third-order valence-electron chi connectivity index (χ3n) is 4.78. The van der Waals surface area contributed by atoms with Gasteiger partial charge in [0.1, 0.15) is 5.76 Å². The molecule has 0 saturated carbocycles. The van der Waals surface area contributed by atoms with Gasteiger partial charge in [0.05, 0.1) is 18.7 Å². The fraction of sp³-hybridized carbons (Fsp3) is 0.550. The lowest BCUT2D eigenvalue weighted by Gasteiger charge is -2.35. The van der Waals surface area contributed by atoms with Crippen LogP contribution in [0.15, 0.2) is 34.1 Å². The molecule has 1 atom stereocenters. The minimum Gasteiger partial charge on any atom is -0.467 e. The second-order valence-corrected chi connectivity index (χ2v) is 7.07. The highest BCUT2D eigenvalue weighted by molar-refractivity contribution is 5.98. The van der Waals surface area contributed by atoms with Crippen LogP contribution in [0.1, 0.15) is 45.3 Å². The van der Waals surface area contributed by atoms with Gasteiger partial charge in [0.25, 0.3) is 5.91 Å². The molecule has 1 aliphatic heterocycles. The predicted octanol–water partition coefficient (Wildman–Crippen LogP) is 2.30. The lowest BCUT2D eigenvalue weighted by atomic mass is 9.88. The summed E-state index contributed by atoms with van der Waals surface area (Å²) < 4.78 is 5.20. The number of hydrogen-bond acceptors (Lipinski definition) is 4. The summed E-state index contributed by atoms with van der Waals surface area (Å²) in [4.78, 5) is 41.0. The third kappa shape index (κ3) is 5.21. The number of hydrogen-bond donors (Lipinski definition) is 1. The van der Waals surface area contributed by atoms with E-state index >= 15 is 0 Å². The van der Waals surface area contributed by atoms with Gasteiger partial charge >= 0.3 is 0 Å². The molecule has 1 aliphatic rings. The van der Waals surface area contributed by atoms with Crippen LogP contribution in [0.3, 0.4) is 0 Å².